The molecule has 2 nitrogen and oxygen atoms in total. The van der Waals surface area contributed by atoms with Crippen LogP contribution in [0.25, 0.3) is 0 Å². The average molecular weight is 160 g/mol. The largest absolute Gasteiger partial charge is 0.481 e. The van der Waals surface area contributed by atoms with E-state index < -0.39 is 8.07 Å². The third-order valence-corrected chi connectivity index (χ3v) is 1.96. The summed E-state index contributed by atoms with van der Waals surface area (Å²) in [6.07, 6.45) is 0. The van der Waals surface area contributed by atoms with Gasteiger partial charge in [-0.05, 0) is 12.6 Å². The molecule has 0 bridgehead atoms. The highest BCUT2D eigenvalue weighted by Crippen LogP contribution is 2.05. The fourth-order valence-electron chi connectivity index (χ4n) is 0.560. The van der Waals surface area contributed by atoms with E-state index >= 15 is 0 Å². The van der Waals surface area contributed by atoms with E-state index in [1.54, 1.807) is 0 Å². The first-order valence-corrected chi connectivity index (χ1v) is 7.08. The van der Waals surface area contributed by atoms with Gasteiger partial charge in [0, 0.05) is 0 Å². The fourth-order valence-corrected chi connectivity index (χ4v) is 1.38. The minimum absolute atomic E-state index is 0.0849. The normalized spacial score (nSPS) is 13.4. The molecule has 0 aliphatic rings. The lowest BCUT2D eigenvalue weighted by Crippen LogP contribution is -2.17. The summed E-state index contributed by atoms with van der Waals surface area (Å²) in [4.78, 5) is 0. The van der Waals surface area contributed by atoms with Crippen LogP contribution in [0, 0.1) is 0 Å². The molecule has 60 valence electrons. The van der Waals surface area contributed by atoms with Crippen molar-refractivity contribution in [3.05, 3.63) is 11.6 Å². The molecule has 0 radical (unpaired) electrons. The van der Waals surface area contributed by atoms with Crippen molar-refractivity contribution in [3.63, 3.8) is 0 Å². The Hall–Kier alpha value is -0.443. The molecule has 0 saturated heterocycles. The van der Waals surface area contributed by atoms with Gasteiger partial charge in [0.2, 0.25) is 0 Å². The molecule has 0 aromatic heterocycles. The standard InChI is InChI=1S/C7H16O2Si/c1-5-9-7(8)6-10(2,3)4/h6,8H,5H2,1-4H3/b7-6-. The Bertz CT molecular complexity index is 124. The van der Waals surface area contributed by atoms with Crippen LogP contribution in [0.4, 0.5) is 0 Å². The second-order valence-electron chi connectivity index (χ2n) is 3.28. The summed E-state index contributed by atoms with van der Waals surface area (Å²) in [5.74, 6) is 0.0849. The Morgan fingerprint density at radius 2 is 2.00 bits per heavy atom. The van der Waals surface area contributed by atoms with Crippen molar-refractivity contribution in [2.45, 2.75) is 26.6 Å². The quantitative estimate of drug-likeness (QED) is 0.507. The summed E-state index contributed by atoms with van der Waals surface area (Å²) in [7, 11) is -1.29. The smallest absolute Gasteiger partial charge is 0.268 e. The number of hydrogen-bond donors (Lipinski definition) is 1. The van der Waals surface area contributed by atoms with E-state index in [4.69, 9.17) is 9.84 Å². The first kappa shape index (κ1) is 9.56. The van der Waals surface area contributed by atoms with Crippen LogP contribution in [-0.2, 0) is 4.74 Å². The summed E-state index contributed by atoms with van der Waals surface area (Å²) in [6.45, 7) is 8.81. The van der Waals surface area contributed by atoms with E-state index in [-0.39, 0.29) is 5.95 Å². The summed E-state index contributed by atoms with van der Waals surface area (Å²) >= 11 is 0. The Balaban J connectivity index is 3.90. The second kappa shape index (κ2) is 3.66. The summed E-state index contributed by atoms with van der Waals surface area (Å²) in [6, 6.07) is 0. The van der Waals surface area contributed by atoms with Gasteiger partial charge in [-0.3, -0.25) is 0 Å². The second-order valence-corrected chi connectivity index (χ2v) is 8.30. The molecular formula is C7H16O2Si. The highest BCUT2D eigenvalue weighted by atomic mass is 28.3. The molecule has 0 heterocycles. The van der Waals surface area contributed by atoms with E-state index in [1.165, 1.54) is 0 Å². The van der Waals surface area contributed by atoms with Gasteiger partial charge in [0.25, 0.3) is 5.95 Å². The van der Waals surface area contributed by atoms with Crippen molar-refractivity contribution in [1.82, 2.24) is 0 Å². The van der Waals surface area contributed by atoms with Crippen LogP contribution in [0.3, 0.4) is 0 Å². The van der Waals surface area contributed by atoms with Crippen LogP contribution >= 0.6 is 0 Å². The predicted octanol–water partition coefficient (Wildman–Crippen LogP) is 2.30. The first-order valence-electron chi connectivity index (χ1n) is 3.50. The summed E-state index contributed by atoms with van der Waals surface area (Å²) < 4.78 is 4.87. The zero-order valence-electron chi connectivity index (χ0n) is 7.14. The van der Waals surface area contributed by atoms with E-state index in [9.17, 15) is 0 Å². The highest BCUT2D eigenvalue weighted by molar-refractivity contribution is 6.81. The monoisotopic (exact) mass is 160 g/mol. The number of aliphatic hydroxyl groups is 1. The predicted molar refractivity (Wildman–Crippen MR) is 45.7 cm³/mol. The number of aliphatic hydroxyl groups excluding tert-OH is 1. The molecule has 0 unspecified atom stereocenters. The van der Waals surface area contributed by atoms with Crippen LogP contribution in [0.1, 0.15) is 6.92 Å². The van der Waals surface area contributed by atoms with E-state index in [2.05, 4.69) is 19.6 Å². The van der Waals surface area contributed by atoms with Gasteiger partial charge in [0.1, 0.15) is 0 Å². The van der Waals surface area contributed by atoms with Gasteiger partial charge in [-0.2, -0.15) is 0 Å². The number of hydrogen-bond acceptors (Lipinski definition) is 2. The molecule has 0 aliphatic heterocycles. The van der Waals surface area contributed by atoms with Crippen molar-refractivity contribution in [3.8, 4) is 0 Å². The Labute approximate surface area is 63.5 Å². The molecule has 0 atom stereocenters. The Morgan fingerprint density at radius 1 is 1.50 bits per heavy atom. The minimum atomic E-state index is -1.29. The van der Waals surface area contributed by atoms with Crippen LogP contribution in [0.15, 0.2) is 11.6 Å². The Kier molecular flexibility index (Phi) is 3.50. The van der Waals surface area contributed by atoms with Crippen molar-refractivity contribution >= 4 is 8.07 Å². The lowest BCUT2D eigenvalue weighted by molar-refractivity contribution is 0.103. The maximum atomic E-state index is 9.06. The van der Waals surface area contributed by atoms with Crippen LogP contribution in [-0.4, -0.2) is 19.8 Å². The van der Waals surface area contributed by atoms with Gasteiger partial charge >= 0.3 is 0 Å². The lowest BCUT2D eigenvalue weighted by Gasteiger charge is -2.09. The fraction of sp³-hybridized carbons (Fsp3) is 0.714. The zero-order chi connectivity index (χ0) is 8.20. The third-order valence-electron chi connectivity index (χ3n) is 0.849. The molecule has 0 spiro atoms. The van der Waals surface area contributed by atoms with Crippen molar-refractivity contribution in [2.75, 3.05) is 6.61 Å². The van der Waals surface area contributed by atoms with Crippen LogP contribution < -0.4 is 0 Å². The van der Waals surface area contributed by atoms with Crippen molar-refractivity contribution in [1.29, 1.82) is 0 Å². The summed E-state index contributed by atoms with van der Waals surface area (Å²) in [5.41, 5.74) is 1.83. The third kappa shape index (κ3) is 5.69. The van der Waals surface area contributed by atoms with Gasteiger partial charge in [-0.15, -0.1) is 0 Å². The topological polar surface area (TPSA) is 29.5 Å². The zero-order valence-corrected chi connectivity index (χ0v) is 8.14. The first-order chi connectivity index (χ1) is 4.45. The molecule has 0 aliphatic carbocycles. The number of ether oxygens (including phenoxy) is 1. The Morgan fingerprint density at radius 3 is 2.30 bits per heavy atom. The molecule has 0 saturated carbocycles. The van der Waals surface area contributed by atoms with Crippen molar-refractivity contribution in [2.24, 2.45) is 0 Å². The van der Waals surface area contributed by atoms with Gasteiger partial charge in [-0.1, -0.05) is 19.6 Å². The minimum Gasteiger partial charge on any atom is -0.481 e. The van der Waals surface area contributed by atoms with Crippen molar-refractivity contribution < 1.29 is 9.84 Å². The van der Waals surface area contributed by atoms with Crippen LogP contribution in [0.5, 0.6) is 0 Å². The molecule has 10 heavy (non-hydrogen) atoms. The van der Waals surface area contributed by atoms with Gasteiger partial charge in [-0.25, -0.2) is 0 Å². The van der Waals surface area contributed by atoms with E-state index in [0.29, 0.717) is 6.61 Å². The van der Waals surface area contributed by atoms with Gasteiger partial charge in [0.05, 0.1) is 14.7 Å². The molecule has 0 aromatic carbocycles. The number of rotatable bonds is 3. The average Bonchev–Trinajstić information content (AvgIpc) is 1.59. The van der Waals surface area contributed by atoms with Gasteiger partial charge in [0.15, 0.2) is 0 Å². The van der Waals surface area contributed by atoms with Crippen LogP contribution in [0.2, 0.25) is 19.6 Å². The maximum absolute atomic E-state index is 9.06. The van der Waals surface area contributed by atoms with Gasteiger partial charge < -0.3 is 9.84 Å². The summed E-state index contributed by atoms with van der Waals surface area (Å²) in [5, 5.41) is 9.06. The molecule has 0 amide bonds. The van der Waals surface area contributed by atoms with E-state index in [1.807, 2.05) is 12.6 Å². The molecule has 0 fully saturated rings. The highest BCUT2D eigenvalue weighted by Gasteiger charge is 2.10. The van der Waals surface area contributed by atoms with E-state index in [0.717, 1.165) is 0 Å². The molecular weight excluding hydrogens is 144 g/mol. The molecule has 3 heteroatoms. The SMILES string of the molecule is CCO/C(O)=C\[Si](C)(C)C. The maximum Gasteiger partial charge on any atom is 0.268 e. The lowest BCUT2D eigenvalue weighted by atomic mass is 10.8. The molecule has 0 rings (SSSR count). The molecule has 1 N–H and O–H groups in total. The molecule has 0 aromatic rings.